The predicted octanol–water partition coefficient (Wildman–Crippen LogP) is 3.10. The highest BCUT2D eigenvalue weighted by Crippen LogP contribution is 2.25. The molecule has 0 bridgehead atoms. The summed E-state index contributed by atoms with van der Waals surface area (Å²) in [6, 6.07) is 8.66. The molecule has 7 nitrogen and oxygen atoms in total. The Balaban J connectivity index is 1.75. The second kappa shape index (κ2) is 11.4. The fraction of sp³-hybridized carbons (Fsp3) is 0.583. The molecule has 1 aliphatic rings. The number of hydrogen-bond acceptors (Lipinski definition) is 7. The summed E-state index contributed by atoms with van der Waals surface area (Å²) < 4.78 is 5.41. The Morgan fingerprint density at radius 2 is 1.81 bits per heavy atom. The third kappa shape index (κ3) is 6.38. The van der Waals surface area contributed by atoms with Crippen LogP contribution in [0.1, 0.15) is 24.6 Å². The predicted molar refractivity (Wildman–Crippen MR) is 129 cm³/mol. The highest BCUT2D eigenvalue weighted by Gasteiger charge is 2.16. The van der Waals surface area contributed by atoms with E-state index in [-0.39, 0.29) is 0 Å². The van der Waals surface area contributed by atoms with Crippen LogP contribution in [0, 0.1) is 6.92 Å². The molecule has 1 N–H and O–H groups in total. The van der Waals surface area contributed by atoms with Crippen LogP contribution in [0.15, 0.2) is 24.3 Å². The van der Waals surface area contributed by atoms with Gasteiger partial charge in [-0.2, -0.15) is 0 Å². The molecule has 0 amide bonds. The van der Waals surface area contributed by atoms with Crippen molar-refractivity contribution in [1.82, 2.24) is 19.8 Å². The number of hydrogen-bond donors (Lipinski definition) is 1. The Labute approximate surface area is 187 Å². The molecule has 0 unspecified atom stereocenters. The van der Waals surface area contributed by atoms with Crippen LogP contribution in [-0.2, 0) is 11.3 Å². The maximum absolute atomic E-state index is 5.41. The van der Waals surface area contributed by atoms with Gasteiger partial charge >= 0.3 is 0 Å². The number of aromatic nitrogens is 2. The van der Waals surface area contributed by atoms with E-state index in [2.05, 4.69) is 65.3 Å². The summed E-state index contributed by atoms with van der Waals surface area (Å²) in [5, 5.41) is 3.53. The number of methoxy groups -OCH3 is 1. The zero-order valence-corrected chi connectivity index (χ0v) is 19.8. The molecule has 0 atom stereocenters. The molecule has 1 aromatic heterocycles. The Kier molecular flexibility index (Phi) is 8.63. The first kappa shape index (κ1) is 23.4. The lowest BCUT2D eigenvalue weighted by atomic mass is 10.1. The quantitative estimate of drug-likeness (QED) is 0.586. The molecule has 170 valence electrons. The maximum Gasteiger partial charge on any atom is 0.161 e. The van der Waals surface area contributed by atoms with Gasteiger partial charge < -0.3 is 24.8 Å². The Morgan fingerprint density at radius 1 is 1.10 bits per heavy atom. The van der Waals surface area contributed by atoms with Crippen LogP contribution in [0.2, 0.25) is 0 Å². The van der Waals surface area contributed by atoms with Gasteiger partial charge in [0.1, 0.15) is 5.82 Å². The van der Waals surface area contributed by atoms with E-state index in [1.54, 1.807) is 7.11 Å². The van der Waals surface area contributed by atoms with Crippen LogP contribution in [0.4, 0.5) is 11.5 Å². The van der Waals surface area contributed by atoms with Gasteiger partial charge in [-0.1, -0.05) is 6.92 Å². The molecule has 1 fully saturated rings. The number of benzene rings is 1. The number of likely N-dealkylation sites (N-methyl/N-ethyl adjacent to an activating group) is 1. The van der Waals surface area contributed by atoms with Crippen molar-refractivity contribution in [1.29, 1.82) is 0 Å². The normalized spacial score (nSPS) is 15.0. The van der Waals surface area contributed by atoms with Crippen molar-refractivity contribution in [3.05, 3.63) is 35.5 Å². The Morgan fingerprint density at radius 3 is 2.45 bits per heavy atom. The van der Waals surface area contributed by atoms with E-state index >= 15 is 0 Å². The van der Waals surface area contributed by atoms with Gasteiger partial charge in [-0.15, -0.1) is 0 Å². The lowest BCUT2D eigenvalue weighted by molar-refractivity contribution is 0.184. The van der Waals surface area contributed by atoms with Gasteiger partial charge in [0.15, 0.2) is 5.82 Å². The summed E-state index contributed by atoms with van der Waals surface area (Å²) in [5.74, 6) is 1.64. The summed E-state index contributed by atoms with van der Waals surface area (Å²) in [7, 11) is 6.04. The van der Waals surface area contributed by atoms with Crippen molar-refractivity contribution in [2.45, 2.75) is 26.9 Å². The lowest BCUT2D eigenvalue weighted by Crippen LogP contribution is -2.44. The largest absolute Gasteiger partial charge is 0.380 e. The van der Waals surface area contributed by atoms with E-state index in [9.17, 15) is 0 Å². The number of ether oxygens (including phenoxy) is 1. The first-order valence-electron chi connectivity index (χ1n) is 11.3. The average Bonchev–Trinajstić information content (AvgIpc) is 2.79. The van der Waals surface area contributed by atoms with Crippen LogP contribution in [0.3, 0.4) is 0 Å². The smallest absolute Gasteiger partial charge is 0.161 e. The molecular weight excluding hydrogens is 388 g/mol. The van der Waals surface area contributed by atoms with Gasteiger partial charge in [0.25, 0.3) is 0 Å². The average molecular weight is 427 g/mol. The zero-order valence-electron chi connectivity index (χ0n) is 19.8. The fourth-order valence-corrected chi connectivity index (χ4v) is 3.79. The van der Waals surface area contributed by atoms with Crippen molar-refractivity contribution >= 4 is 11.5 Å². The van der Waals surface area contributed by atoms with Crippen LogP contribution in [0.25, 0.3) is 11.4 Å². The molecule has 1 aromatic carbocycles. The molecule has 2 heterocycles. The molecule has 0 aliphatic carbocycles. The van der Waals surface area contributed by atoms with Gasteiger partial charge in [-0.05, 0) is 64.8 Å². The highest BCUT2D eigenvalue weighted by molar-refractivity contribution is 5.63. The van der Waals surface area contributed by atoms with Gasteiger partial charge in [0.05, 0.1) is 6.61 Å². The SMILES string of the molecule is CCN(C)CCCNc1nc(-c2ccc(N3CCN(C)CC3)cc2)nc(C)c1COC. The second-order valence-corrected chi connectivity index (χ2v) is 8.41. The summed E-state index contributed by atoms with van der Waals surface area (Å²) in [6.45, 7) is 12.1. The fourth-order valence-electron chi connectivity index (χ4n) is 3.79. The minimum atomic E-state index is 0.506. The van der Waals surface area contributed by atoms with Crippen molar-refractivity contribution in [3.63, 3.8) is 0 Å². The van der Waals surface area contributed by atoms with Crippen LogP contribution in [0.5, 0.6) is 0 Å². The van der Waals surface area contributed by atoms with E-state index in [0.717, 1.165) is 80.7 Å². The monoisotopic (exact) mass is 426 g/mol. The third-order valence-corrected chi connectivity index (χ3v) is 6.05. The van der Waals surface area contributed by atoms with Gasteiger partial charge in [0.2, 0.25) is 0 Å². The van der Waals surface area contributed by atoms with E-state index in [1.165, 1.54) is 5.69 Å². The summed E-state index contributed by atoms with van der Waals surface area (Å²) in [5.41, 5.74) is 4.30. The highest BCUT2D eigenvalue weighted by atomic mass is 16.5. The van der Waals surface area contributed by atoms with E-state index in [1.807, 2.05) is 6.92 Å². The third-order valence-electron chi connectivity index (χ3n) is 6.05. The molecule has 7 heteroatoms. The van der Waals surface area contributed by atoms with Crippen LogP contribution >= 0.6 is 0 Å². The Bertz CT molecular complexity index is 818. The molecule has 2 aromatic rings. The van der Waals surface area contributed by atoms with E-state index < -0.39 is 0 Å². The molecule has 1 saturated heterocycles. The number of piperazine rings is 1. The zero-order chi connectivity index (χ0) is 22.2. The van der Waals surface area contributed by atoms with Gasteiger partial charge in [0, 0.05) is 62.3 Å². The molecular formula is C24H38N6O. The number of rotatable bonds is 10. The Hall–Kier alpha value is -2.22. The van der Waals surface area contributed by atoms with E-state index in [0.29, 0.717) is 6.61 Å². The van der Waals surface area contributed by atoms with E-state index in [4.69, 9.17) is 14.7 Å². The standard InChI is InChI=1S/C24H38N6O/c1-6-28(3)13-7-12-25-24-22(18-31-5)19(2)26-23(27-24)20-8-10-21(11-9-20)30-16-14-29(4)15-17-30/h8-11H,6-7,12-18H2,1-5H3,(H,25,26,27). The minimum absolute atomic E-state index is 0.506. The van der Waals surface area contributed by atoms with Crippen molar-refractivity contribution < 1.29 is 4.74 Å². The molecule has 0 radical (unpaired) electrons. The van der Waals surface area contributed by atoms with Gasteiger partial charge in [-0.3, -0.25) is 0 Å². The first-order chi connectivity index (χ1) is 15.0. The molecule has 0 spiro atoms. The van der Waals surface area contributed by atoms with Crippen LogP contribution < -0.4 is 10.2 Å². The topological polar surface area (TPSA) is 56.8 Å². The molecule has 3 rings (SSSR count). The van der Waals surface area contributed by atoms with Crippen molar-refractivity contribution in [2.75, 3.05) is 77.2 Å². The summed E-state index contributed by atoms with van der Waals surface area (Å²) in [4.78, 5) is 16.8. The second-order valence-electron chi connectivity index (χ2n) is 8.41. The van der Waals surface area contributed by atoms with Gasteiger partial charge in [-0.25, -0.2) is 9.97 Å². The number of nitrogens with one attached hydrogen (secondary N) is 1. The van der Waals surface area contributed by atoms with Crippen molar-refractivity contribution in [2.24, 2.45) is 0 Å². The molecule has 1 aliphatic heterocycles. The van der Waals surface area contributed by atoms with Crippen molar-refractivity contribution in [3.8, 4) is 11.4 Å². The minimum Gasteiger partial charge on any atom is -0.380 e. The first-order valence-corrected chi connectivity index (χ1v) is 11.3. The number of anilines is 2. The summed E-state index contributed by atoms with van der Waals surface area (Å²) in [6.07, 6.45) is 1.06. The number of aryl methyl sites for hydroxylation is 1. The molecule has 31 heavy (non-hydrogen) atoms. The number of nitrogens with zero attached hydrogens (tertiary/aromatic N) is 5. The van der Waals surface area contributed by atoms with Crippen LogP contribution in [-0.4, -0.2) is 86.8 Å². The molecule has 0 saturated carbocycles. The maximum atomic E-state index is 5.41. The summed E-state index contributed by atoms with van der Waals surface area (Å²) >= 11 is 0. The lowest BCUT2D eigenvalue weighted by Gasteiger charge is -2.34.